The molecule has 0 saturated heterocycles. The zero-order valence-corrected chi connectivity index (χ0v) is 12.4. The number of rotatable bonds is 6. The number of hydrogen-bond donors (Lipinski definition) is 2. The quantitative estimate of drug-likeness (QED) is 0.826. The highest BCUT2D eigenvalue weighted by molar-refractivity contribution is 5.90. The minimum atomic E-state index is -0.104. The van der Waals surface area contributed by atoms with Gasteiger partial charge in [-0.2, -0.15) is 0 Å². The van der Waals surface area contributed by atoms with Gasteiger partial charge in [0, 0.05) is 24.7 Å². The number of carbonyl (C=O) groups excluding carboxylic acids is 1. The van der Waals surface area contributed by atoms with Crippen LogP contribution in [0.5, 0.6) is 5.75 Å². The van der Waals surface area contributed by atoms with Crippen molar-refractivity contribution >= 4 is 17.3 Å². The lowest BCUT2D eigenvalue weighted by molar-refractivity contribution is -0.114. The molecule has 1 unspecified atom stereocenters. The van der Waals surface area contributed by atoms with E-state index in [1.165, 1.54) is 6.92 Å². The standard InChI is InChI=1S/C15H24N2O2/c1-6-13(10(2)3)17-12-7-8-14(16-11(4)18)15(9-12)19-5/h7-10,13,17H,6H2,1-5H3,(H,16,18). The minimum absolute atomic E-state index is 0.104. The number of amides is 1. The molecule has 0 aliphatic rings. The van der Waals surface area contributed by atoms with Crippen molar-refractivity contribution < 1.29 is 9.53 Å². The van der Waals surface area contributed by atoms with Crippen molar-refractivity contribution in [3.63, 3.8) is 0 Å². The molecule has 1 amide bonds. The number of methoxy groups -OCH3 is 1. The number of ether oxygens (including phenoxy) is 1. The fourth-order valence-electron chi connectivity index (χ4n) is 2.03. The van der Waals surface area contributed by atoms with E-state index in [0.29, 0.717) is 23.4 Å². The lowest BCUT2D eigenvalue weighted by Gasteiger charge is -2.22. The predicted molar refractivity (Wildman–Crippen MR) is 79.8 cm³/mol. The Morgan fingerprint density at radius 2 is 2.05 bits per heavy atom. The third kappa shape index (κ3) is 4.47. The largest absolute Gasteiger partial charge is 0.494 e. The molecule has 4 heteroatoms. The summed E-state index contributed by atoms with van der Waals surface area (Å²) >= 11 is 0. The zero-order chi connectivity index (χ0) is 14.4. The Labute approximate surface area is 115 Å². The lowest BCUT2D eigenvalue weighted by Crippen LogP contribution is -2.24. The van der Waals surface area contributed by atoms with Crippen molar-refractivity contribution in [3.8, 4) is 5.75 Å². The highest BCUT2D eigenvalue weighted by atomic mass is 16.5. The second-order valence-electron chi connectivity index (χ2n) is 5.00. The van der Waals surface area contributed by atoms with Crippen molar-refractivity contribution in [2.75, 3.05) is 17.7 Å². The van der Waals surface area contributed by atoms with Gasteiger partial charge in [-0.1, -0.05) is 20.8 Å². The number of carbonyl (C=O) groups is 1. The smallest absolute Gasteiger partial charge is 0.221 e. The Hall–Kier alpha value is -1.71. The summed E-state index contributed by atoms with van der Waals surface area (Å²) in [5.41, 5.74) is 1.70. The van der Waals surface area contributed by atoms with E-state index in [2.05, 4.69) is 31.4 Å². The van der Waals surface area contributed by atoms with Gasteiger partial charge in [-0.3, -0.25) is 4.79 Å². The molecule has 0 heterocycles. The molecule has 0 spiro atoms. The van der Waals surface area contributed by atoms with Gasteiger partial charge in [0.1, 0.15) is 5.75 Å². The topological polar surface area (TPSA) is 50.4 Å². The maximum Gasteiger partial charge on any atom is 0.221 e. The molecule has 0 radical (unpaired) electrons. The second kappa shape index (κ2) is 7.02. The molecule has 1 aromatic carbocycles. The Balaban J connectivity index is 2.90. The zero-order valence-electron chi connectivity index (χ0n) is 12.4. The van der Waals surface area contributed by atoms with Crippen LogP contribution in [0.4, 0.5) is 11.4 Å². The summed E-state index contributed by atoms with van der Waals surface area (Å²) < 4.78 is 5.31. The van der Waals surface area contributed by atoms with Crippen LogP contribution in [0.15, 0.2) is 18.2 Å². The molecule has 1 atom stereocenters. The first-order chi connectivity index (χ1) is 8.97. The summed E-state index contributed by atoms with van der Waals surface area (Å²) in [5, 5.41) is 6.24. The van der Waals surface area contributed by atoms with E-state index < -0.39 is 0 Å². The van der Waals surface area contributed by atoms with Crippen molar-refractivity contribution in [1.82, 2.24) is 0 Å². The Morgan fingerprint density at radius 1 is 1.37 bits per heavy atom. The maximum absolute atomic E-state index is 11.1. The monoisotopic (exact) mass is 264 g/mol. The number of hydrogen-bond acceptors (Lipinski definition) is 3. The second-order valence-corrected chi connectivity index (χ2v) is 5.00. The normalized spacial score (nSPS) is 12.1. The Morgan fingerprint density at radius 3 is 2.53 bits per heavy atom. The van der Waals surface area contributed by atoms with Crippen molar-refractivity contribution in [3.05, 3.63) is 18.2 Å². The molecular weight excluding hydrogens is 240 g/mol. The SMILES string of the molecule is CCC(Nc1ccc(NC(C)=O)c(OC)c1)C(C)C. The highest BCUT2D eigenvalue weighted by Gasteiger charge is 2.12. The van der Waals surface area contributed by atoms with E-state index in [1.807, 2.05) is 18.2 Å². The van der Waals surface area contributed by atoms with Gasteiger partial charge in [0.15, 0.2) is 0 Å². The predicted octanol–water partition coefficient (Wildman–Crippen LogP) is 3.50. The van der Waals surface area contributed by atoms with Crippen molar-refractivity contribution in [1.29, 1.82) is 0 Å². The molecule has 1 aromatic rings. The molecule has 1 rings (SSSR count). The summed E-state index contributed by atoms with van der Waals surface area (Å²) in [7, 11) is 1.60. The molecule has 106 valence electrons. The van der Waals surface area contributed by atoms with Gasteiger partial charge in [-0.05, 0) is 24.5 Å². The van der Waals surface area contributed by atoms with Crippen LogP contribution in [0.3, 0.4) is 0 Å². The van der Waals surface area contributed by atoms with Gasteiger partial charge in [0.05, 0.1) is 12.8 Å². The van der Waals surface area contributed by atoms with E-state index in [-0.39, 0.29) is 5.91 Å². The van der Waals surface area contributed by atoms with Crippen LogP contribution in [0.25, 0.3) is 0 Å². The average molecular weight is 264 g/mol. The Bertz CT molecular complexity index is 430. The van der Waals surface area contributed by atoms with Gasteiger partial charge in [-0.25, -0.2) is 0 Å². The Kier molecular flexibility index (Phi) is 5.67. The summed E-state index contributed by atoms with van der Waals surface area (Å²) in [6.45, 7) is 8.05. The van der Waals surface area contributed by atoms with Crippen molar-refractivity contribution in [2.24, 2.45) is 5.92 Å². The molecule has 19 heavy (non-hydrogen) atoms. The van der Waals surface area contributed by atoms with Gasteiger partial charge in [-0.15, -0.1) is 0 Å². The third-order valence-electron chi connectivity index (χ3n) is 3.11. The van der Waals surface area contributed by atoms with Crippen LogP contribution in [-0.4, -0.2) is 19.1 Å². The summed E-state index contributed by atoms with van der Waals surface area (Å²) in [4.78, 5) is 11.1. The molecule has 0 fully saturated rings. The first-order valence-electron chi connectivity index (χ1n) is 6.70. The van der Waals surface area contributed by atoms with Crippen LogP contribution in [0.2, 0.25) is 0 Å². The van der Waals surface area contributed by atoms with E-state index >= 15 is 0 Å². The molecule has 0 saturated carbocycles. The van der Waals surface area contributed by atoms with Gasteiger partial charge in [0.25, 0.3) is 0 Å². The average Bonchev–Trinajstić information content (AvgIpc) is 2.36. The van der Waals surface area contributed by atoms with Gasteiger partial charge < -0.3 is 15.4 Å². The number of nitrogens with one attached hydrogen (secondary N) is 2. The van der Waals surface area contributed by atoms with E-state index in [0.717, 1.165) is 12.1 Å². The van der Waals surface area contributed by atoms with Crippen LogP contribution in [0.1, 0.15) is 34.1 Å². The van der Waals surface area contributed by atoms with Gasteiger partial charge in [0.2, 0.25) is 5.91 Å². The number of anilines is 2. The van der Waals surface area contributed by atoms with E-state index in [9.17, 15) is 4.79 Å². The summed E-state index contributed by atoms with van der Waals surface area (Å²) in [6.07, 6.45) is 1.06. The fourth-order valence-corrected chi connectivity index (χ4v) is 2.03. The maximum atomic E-state index is 11.1. The van der Waals surface area contributed by atoms with Crippen molar-refractivity contribution in [2.45, 2.75) is 40.2 Å². The molecule has 0 aliphatic carbocycles. The summed E-state index contributed by atoms with van der Waals surface area (Å²) in [5.74, 6) is 1.12. The van der Waals surface area contributed by atoms with Crippen LogP contribution < -0.4 is 15.4 Å². The minimum Gasteiger partial charge on any atom is -0.494 e. The van der Waals surface area contributed by atoms with E-state index in [4.69, 9.17) is 4.74 Å². The number of benzene rings is 1. The first-order valence-corrected chi connectivity index (χ1v) is 6.70. The van der Waals surface area contributed by atoms with Crippen LogP contribution >= 0.6 is 0 Å². The molecule has 0 aromatic heterocycles. The van der Waals surface area contributed by atoms with Crippen LogP contribution in [-0.2, 0) is 4.79 Å². The first kappa shape index (κ1) is 15.3. The lowest BCUT2D eigenvalue weighted by atomic mass is 10.0. The third-order valence-corrected chi connectivity index (χ3v) is 3.11. The molecular formula is C15H24N2O2. The van der Waals surface area contributed by atoms with Crippen LogP contribution in [0, 0.1) is 5.92 Å². The highest BCUT2D eigenvalue weighted by Crippen LogP contribution is 2.29. The molecule has 0 aliphatic heterocycles. The fraction of sp³-hybridized carbons (Fsp3) is 0.533. The molecule has 0 bridgehead atoms. The van der Waals surface area contributed by atoms with E-state index in [1.54, 1.807) is 7.11 Å². The van der Waals surface area contributed by atoms with Gasteiger partial charge >= 0.3 is 0 Å². The molecule has 2 N–H and O–H groups in total. The molecule has 4 nitrogen and oxygen atoms in total. The summed E-state index contributed by atoms with van der Waals surface area (Å²) in [6, 6.07) is 6.15.